The Balaban J connectivity index is 2.68. The third-order valence-electron chi connectivity index (χ3n) is 2.67. The van der Waals surface area contributed by atoms with Gasteiger partial charge in [0.25, 0.3) is 0 Å². The summed E-state index contributed by atoms with van der Waals surface area (Å²) in [6.07, 6.45) is 2.81. The van der Waals surface area contributed by atoms with Crippen molar-refractivity contribution in [3.05, 3.63) is 41.0 Å². The zero-order chi connectivity index (χ0) is 13.5. The molecule has 3 heteroatoms. The first-order valence-electron chi connectivity index (χ1n) is 6.38. The van der Waals surface area contributed by atoms with Crippen LogP contribution in [-0.2, 0) is 0 Å². The fourth-order valence-electron chi connectivity index (χ4n) is 1.64. The molecule has 0 unspecified atom stereocenters. The lowest BCUT2D eigenvalue weighted by atomic mass is 10.1. The van der Waals surface area contributed by atoms with Crippen LogP contribution in [0.1, 0.15) is 32.8 Å². The van der Waals surface area contributed by atoms with Crippen LogP contribution in [0.4, 0.5) is 8.78 Å². The quantitative estimate of drug-likeness (QED) is 0.808. The highest BCUT2D eigenvalue weighted by Gasteiger charge is 2.02. The van der Waals surface area contributed by atoms with Gasteiger partial charge in [0.15, 0.2) is 11.6 Å². The van der Waals surface area contributed by atoms with Gasteiger partial charge in [-0.2, -0.15) is 0 Å². The van der Waals surface area contributed by atoms with Crippen molar-refractivity contribution >= 4 is 6.08 Å². The molecule has 0 aromatic heterocycles. The van der Waals surface area contributed by atoms with Crippen LogP contribution in [0, 0.1) is 17.6 Å². The molecule has 0 spiro atoms. The predicted octanol–water partition coefficient (Wildman–Crippen LogP) is 4.00. The van der Waals surface area contributed by atoms with Gasteiger partial charge < -0.3 is 5.32 Å². The van der Waals surface area contributed by atoms with Crippen LogP contribution in [-0.4, -0.2) is 13.1 Å². The predicted molar refractivity (Wildman–Crippen MR) is 72.3 cm³/mol. The molecule has 0 aliphatic carbocycles. The van der Waals surface area contributed by atoms with Gasteiger partial charge in [0.1, 0.15) is 0 Å². The molecule has 0 amide bonds. The molecule has 1 aromatic carbocycles. The second-order valence-corrected chi connectivity index (χ2v) is 4.85. The van der Waals surface area contributed by atoms with E-state index in [1.54, 1.807) is 6.07 Å². The van der Waals surface area contributed by atoms with Gasteiger partial charge in [-0.3, -0.25) is 0 Å². The maximum Gasteiger partial charge on any atom is 0.159 e. The third-order valence-corrected chi connectivity index (χ3v) is 2.67. The number of hydrogen-bond donors (Lipinski definition) is 1. The molecule has 1 aromatic rings. The largest absolute Gasteiger partial charge is 0.313 e. The first kappa shape index (κ1) is 14.8. The molecule has 0 bridgehead atoms. The van der Waals surface area contributed by atoms with Gasteiger partial charge in [0.2, 0.25) is 0 Å². The Bertz CT molecular complexity index is 411. The second kappa shape index (κ2) is 7.27. The molecule has 0 atom stereocenters. The molecular formula is C15H21F2N. The van der Waals surface area contributed by atoms with Crippen molar-refractivity contribution in [2.45, 2.75) is 27.2 Å². The summed E-state index contributed by atoms with van der Waals surface area (Å²) >= 11 is 0. The minimum absolute atomic E-state index is 0.603. The van der Waals surface area contributed by atoms with E-state index in [2.05, 4.69) is 26.1 Å². The molecule has 0 fully saturated rings. The highest BCUT2D eigenvalue weighted by Crippen LogP contribution is 2.13. The van der Waals surface area contributed by atoms with Gasteiger partial charge in [0, 0.05) is 6.54 Å². The van der Waals surface area contributed by atoms with E-state index >= 15 is 0 Å². The molecule has 0 aliphatic heterocycles. The summed E-state index contributed by atoms with van der Waals surface area (Å²) in [5, 5.41) is 3.35. The summed E-state index contributed by atoms with van der Waals surface area (Å²) in [7, 11) is 0. The van der Waals surface area contributed by atoms with Gasteiger partial charge in [-0.15, -0.1) is 0 Å². The summed E-state index contributed by atoms with van der Waals surface area (Å²) in [4.78, 5) is 0. The van der Waals surface area contributed by atoms with Gasteiger partial charge in [-0.1, -0.05) is 38.5 Å². The Labute approximate surface area is 108 Å². The van der Waals surface area contributed by atoms with Crippen molar-refractivity contribution in [1.82, 2.24) is 5.32 Å². The summed E-state index contributed by atoms with van der Waals surface area (Å²) in [6, 6.07) is 3.99. The number of benzene rings is 1. The smallest absolute Gasteiger partial charge is 0.159 e. The lowest BCUT2D eigenvalue weighted by Gasteiger charge is -2.09. The standard InChI is InChI=1S/C15H21F2N/c1-4-12(10-18-9-11(2)3)7-13-5-6-14(16)15(17)8-13/h5-8,11,18H,4,9-10H2,1-3H3. The maximum absolute atomic E-state index is 13.1. The van der Waals surface area contributed by atoms with Crippen LogP contribution in [0.25, 0.3) is 6.08 Å². The van der Waals surface area contributed by atoms with Crippen LogP contribution >= 0.6 is 0 Å². The number of nitrogens with one attached hydrogen (secondary N) is 1. The van der Waals surface area contributed by atoms with E-state index in [1.165, 1.54) is 11.6 Å². The minimum atomic E-state index is -0.803. The van der Waals surface area contributed by atoms with Crippen molar-refractivity contribution in [2.75, 3.05) is 13.1 Å². The Hall–Kier alpha value is -1.22. The summed E-state index contributed by atoms with van der Waals surface area (Å²) < 4.78 is 25.9. The molecular weight excluding hydrogens is 232 g/mol. The molecule has 0 saturated carbocycles. The average molecular weight is 253 g/mol. The summed E-state index contributed by atoms with van der Waals surface area (Å²) in [5.74, 6) is -0.996. The van der Waals surface area contributed by atoms with E-state index in [9.17, 15) is 8.78 Å². The lowest BCUT2D eigenvalue weighted by molar-refractivity contribution is 0.508. The zero-order valence-electron chi connectivity index (χ0n) is 11.3. The molecule has 1 nitrogen and oxygen atoms in total. The van der Waals surface area contributed by atoms with Crippen molar-refractivity contribution in [3.63, 3.8) is 0 Å². The topological polar surface area (TPSA) is 12.0 Å². The fraction of sp³-hybridized carbons (Fsp3) is 0.467. The number of halogens is 2. The Kier molecular flexibility index (Phi) is 5.99. The van der Waals surface area contributed by atoms with Crippen LogP contribution < -0.4 is 5.32 Å². The number of rotatable bonds is 6. The Morgan fingerprint density at radius 2 is 2.00 bits per heavy atom. The molecule has 1 N–H and O–H groups in total. The highest BCUT2D eigenvalue weighted by molar-refractivity contribution is 5.53. The maximum atomic E-state index is 13.1. The van der Waals surface area contributed by atoms with E-state index in [0.717, 1.165) is 25.6 Å². The summed E-state index contributed by atoms with van der Waals surface area (Å²) in [6.45, 7) is 8.10. The summed E-state index contributed by atoms with van der Waals surface area (Å²) in [5.41, 5.74) is 1.89. The van der Waals surface area contributed by atoms with E-state index in [-0.39, 0.29) is 0 Å². The Morgan fingerprint density at radius 3 is 2.56 bits per heavy atom. The molecule has 1 rings (SSSR count). The van der Waals surface area contributed by atoms with Gasteiger partial charge in [-0.25, -0.2) is 8.78 Å². The van der Waals surface area contributed by atoms with E-state index in [4.69, 9.17) is 0 Å². The average Bonchev–Trinajstić information content (AvgIpc) is 2.32. The van der Waals surface area contributed by atoms with Crippen molar-refractivity contribution in [1.29, 1.82) is 0 Å². The molecule has 0 radical (unpaired) electrons. The van der Waals surface area contributed by atoms with Crippen molar-refractivity contribution in [2.24, 2.45) is 5.92 Å². The molecule has 0 saturated heterocycles. The van der Waals surface area contributed by atoms with Crippen molar-refractivity contribution in [3.8, 4) is 0 Å². The SMILES string of the molecule is CCC(=Cc1ccc(F)c(F)c1)CNCC(C)C. The minimum Gasteiger partial charge on any atom is -0.313 e. The first-order chi connectivity index (χ1) is 8.52. The van der Waals surface area contributed by atoms with E-state index in [0.29, 0.717) is 11.5 Å². The van der Waals surface area contributed by atoms with Crippen LogP contribution in [0.3, 0.4) is 0 Å². The molecule has 100 valence electrons. The normalized spacial score (nSPS) is 12.2. The first-order valence-corrected chi connectivity index (χ1v) is 6.38. The van der Waals surface area contributed by atoms with Crippen LogP contribution in [0.15, 0.2) is 23.8 Å². The van der Waals surface area contributed by atoms with Gasteiger partial charge >= 0.3 is 0 Å². The van der Waals surface area contributed by atoms with E-state index < -0.39 is 11.6 Å². The Morgan fingerprint density at radius 1 is 1.28 bits per heavy atom. The fourth-order valence-corrected chi connectivity index (χ4v) is 1.64. The van der Waals surface area contributed by atoms with E-state index in [1.807, 2.05) is 6.08 Å². The monoisotopic (exact) mass is 253 g/mol. The van der Waals surface area contributed by atoms with Gasteiger partial charge in [-0.05, 0) is 36.6 Å². The lowest BCUT2D eigenvalue weighted by Crippen LogP contribution is -2.21. The second-order valence-electron chi connectivity index (χ2n) is 4.85. The third kappa shape index (κ3) is 4.96. The highest BCUT2D eigenvalue weighted by atomic mass is 19.2. The number of hydrogen-bond acceptors (Lipinski definition) is 1. The van der Waals surface area contributed by atoms with Crippen LogP contribution in [0.2, 0.25) is 0 Å². The molecule has 0 aliphatic rings. The van der Waals surface area contributed by atoms with Crippen molar-refractivity contribution < 1.29 is 8.78 Å². The molecule has 18 heavy (non-hydrogen) atoms. The zero-order valence-corrected chi connectivity index (χ0v) is 11.3. The molecule has 0 heterocycles. The van der Waals surface area contributed by atoms with Gasteiger partial charge in [0.05, 0.1) is 0 Å². The van der Waals surface area contributed by atoms with Crippen LogP contribution in [0.5, 0.6) is 0 Å².